The molecule has 2 amide bonds. The summed E-state index contributed by atoms with van der Waals surface area (Å²) in [6, 6.07) is 2.33. The number of amides is 2. The molecule has 0 aliphatic carbocycles. The van der Waals surface area contributed by atoms with Gasteiger partial charge in [0.15, 0.2) is 0 Å². The highest BCUT2D eigenvalue weighted by atomic mass is 32.1. The van der Waals surface area contributed by atoms with E-state index in [0.29, 0.717) is 18.9 Å². The van der Waals surface area contributed by atoms with E-state index in [2.05, 4.69) is 27.4 Å². The van der Waals surface area contributed by atoms with Crippen molar-refractivity contribution in [2.75, 3.05) is 33.2 Å². The molecule has 3 heterocycles. The number of nitrogens with zero attached hydrogens (tertiary/aromatic N) is 2. The molecule has 1 aromatic heterocycles. The minimum atomic E-state index is -0.135. The molecule has 26 heavy (non-hydrogen) atoms. The molecule has 1 aromatic rings. The fourth-order valence-electron chi connectivity index (χ4n) is 4.22. The van der Waals surface area contributed by atoms with Crippen molar-refractivity contribution in [3.63, 3.8) is 0 Å². The Morgan fingerprint density at radius 3 is 2.69 bits per heavy atom. The van der Waals surface area contributed by atoms with E-state index in [1.54, 1.807) is 18.4 Å². The van der Waals surface area contributed by atoms with Crippen LogP contribution in [-0.4, -0.2) is 73.0 Å². The number of likely N-dealkylation sites (tertiary alicyclic amines) is 2. The lowest BCUT2D eigenvalue weighted by Gasteiger charge is -2.38. The lowest BCUT2D eigenvalue weighted by molar-refractivity contribution is -0.126. The summed E-state index contributed by atoms with van der Waals surface area (Å²) in [4.78, 5) is 29.5. The molecule has 0 radical (unpaired) electrons. The predicted octanol–water partition coefficient (Wildman–Crippen LogP) is 1.08. The van der Waals surface area contributed by atoms with E-state index in [9.17, 15) is 9.59 Å². The van der Waals surface area contributed by atoms with Crippen molar-refractivity contribution >= 4 is 23.2 Å². The Morgan fingerprint density at radius 1 is 1.31 bits per heavy atom. The largest absolute Gasteiger partial charge is 0.358 e. The van der Waals surface area contributed by atoms with Crippen molar-refractivity contribution < 1.29 is 9.59 Å². The summed E-state index contributed by atoms with van der Waals surface area (Å²) in [7, 11) is 1.70. The molecule has 2 fully saturated rings. The number of carbonyl (C=O) groups is 2. The first-order valence-corrected chi connectivity index (χ1v) is 10.5. The molecule has 3 rings (SSSR count). The molecule has 0 spiro atoms. The third-order valence-corrected chi connectivity index (χ3v) is 6.40. The van der Waals surface area contributed by atoms with E-state index in [1.165, 1.54) is 0 Å². The maximum atomic E-state index is 12.4. The van der Waals surface area contributed by atoms with Crippen molar-refractivity contribution in [1.29, 1.82) is 0 Å². The summed E-state index contributed by atoms with van der Waals surface area (Å²) in [5.74, 6) is 0.115. The zero-order valence-electron chi connectivity index (χ0n) is 15.7. The van der Waals surface area contributed by atoms with E-state index in [0.717, 1.165) is 44.6 Å². The molecule has 0 bridgehead atoms. The van der Waals surface area contributed by atoms with Gasteiger partial charge in [0.25, 0.3) is 0 Å². The van der Waals surface area contributed by atoms with Crippen molar-refractivity contribution in [2.45, 2.75) is 50.7 Å². The highest BCUT2D eigenvalue weighted by Gasteiger charge is 2.41. The first kappa shape index (κ1) is 19.3. The van der Waals surface area contributed by atoms with Crippen LogP contribution in [0, 0.1) is 0 Å². The predicted molar refractivity (Wildman–Crippen MR) is 104 cm³/mol. The molecule has 0 unspecified atom stereocenters. The van der Waals surface area contributed by atoms with Crippen LogP contribution in [0.2, 0.25) is 0 Å². The van der Waals surface area contributed by atoms with Crippen molar-refractivity contribution in [2.24, 2.45) is 0 Å². The van der Waals surface area contributed by atoms with E-state index in [1.807, 2.05) is 16.8 Å². The Kier molecular flexibility index (Phi) is 6.67. The lowest BCUT2D eigenvalue weighted by Crippen LogP contribution is -2.51. The third-order valence-electron chi connectivity index (χ3n) is 5.67. The van der Waals surface area contributed by atoms with E-state index < -0.39 is 0 Å². The average molecular weight is 379 g/mol. The van der Waals surface area contributed by atoms with Crippen LogP contribution in [-0.2, 0) is 16.0 Å². The number of piperidine rings is 1. The van der Waals surface area contributed by atoms with Crippen molar-refractivity contribution in [1.82, 2.24) is 20.4 Å². The van der Waals surface area contributed by atoms with Gasteiger partial charge in [-0.15, -0.1) is 0 Å². The minimum absolute atomic E-state index is 0.0479. The molecular weight excluding hydrogens is 348 g/mol. The number of thiophene rings is 1. The lowest BCUT2D eigenvalue weighted by atomic mass is 10.0. The Hall–Kier alpha value is -1.44. The third kappa shape index (κ3) is 4.64. The van der Waals surface area contributed by atoms with Gasteiger partial charge >= 0.3 is 0 Å². The summed E-state index contributed by atoms with van der Waals surface area (Å²) in [5, 5.41) is 9.95. The first-order chi connectivity index (χ1) is 12.6. The maximum absolute atomic E-state index is 12.4. The second kappa shape index (κ2) is 8.97. The van der Waals surface area contributed by atoms with Gasteiger partial charge in [0, 0.05) is 25.7 Å². The average Bonchev–Trinajstić information content (AvgIpc) is 3.31. The van der Waals surface area contributed by atoms with E-state index >= 15 is 0 Å². The van der Waals surface area contributed by atoms with Gasteiger partial charge in [-0.2, -0.15) is 11.3 Å². The van der Waals surface area contributed by atoms with Crippen LogP contribution in [0.5, 0.6) is 0 Å². The van der Waals surface area contributed by atoms with Gasteiger partial charge < -0.3 is 15.5 Å². The van der Waals surface area contributed by atoms with Gasteiger partial charge in [-0.05, 0) is 61.3 Å². The first-order valence-electron chi connectivity index (χ1n) is 9.60. The van der Waals surface area contributed by atoms with Gasteiger partial charge in [0.1, 0.15) is 0 Å². The number of rotatable bonds is 6. The quantitative estimate of drug-likeness (QED) is 0.778. The van der Waals surface area contributed by atoms with Crippen LogP contribution in [0.4, 0.5) is 0 Å². The van der Waals surface area contributed by atoms with Gasteiger partial charge in [-0.1, -0.05) is 6.92 Å². The molecule has 2 aliphatic rings. The Balaban J connectivity index is 1.59. The molecule has 2 N–H and O–H groups in total. The highest BCUT2D eigenvalue weighted by molar-refractivity contribution is 7.08. The number of hydrogen-bond acceptors (Lipinski definition) is 5. The Morgan fingerprint density at radius 2 is 2.08 bits per heavy atom. The normalized spacial score (nSPS) is 25.3. The van der Waals surface area contributed by atoms with Crippen LogP contribution in [0.1, 0.15) is 31.7 Å². The summed E-state index contributed by atoms with van der Waals surface area (Å²) >= 11 is 1.61. The summed E-state index contributed by atoms with van der Waals surface area (Å²) in [5.41, 5.74) is 1.05. The van der Waals surface area contributed by atoms with Crippen LogP contribution in [0.15, 0.2) is 16.8 Å². The number of likely N-dealkylation sites (N-methyl/N-ethyl adjacent to an activating group) is 1. The molecule has 6 nitrogen and oxygen atoms in total. The maximum Gasteiger partial charge on any atom is 0.237 e. The van der Waals surface area contributed by atoms with Gasteiger partial charge in [0.2, 0.25) is 11.8 Å². The second-order valence-corrected chi connectivity index (χ2v) is 8.08. The highest BCUT2D eigenvalue weighted by Crippen LogP contribution is 2.26. The van der Waals surface area contributed by atoms with Gasteiger partial charge in [-0.3, -0.25) is 14.5 Å². The Labute approximate surface area is 159 Å². The molecule has 2 aliphatic heterocycles. The molecule has 2 atom stereocenters. The smallest absolute Gasteiger partial charge is 0.237 e. The summed E-state index contributed by atoms with van der Waals surface area (Å²) < 4.78 is 0. The SMILES string of the molecule is CCN1CCC(N2C[C@H](NC(=O)Cc3ccsc3)C[C@H]2C(=O)NC)CC1. The molecule has 144 valence electrons. The molecule has 7 heteroatoms. The number of carbonyl (C=O) groups excluding carboxylic acids is 2. The van der Waals surface area contributed by atoms with Crippen LogP contribution in [0.3, 0.4) is 0 Å². The van der Waals surface area contributed by atoms with Crippen LogP contribution < -0.4 is 10.6 Å². The molecular formula is C19H30N4O2S. The second-order valence-electron chi connectivity index (χ2n) is 7.30. The minimum Gasteiger partial charge on any atom is -0.358 e. The van der Waals surface area contributed by atoms with Gasteiger partial charge in [0.05, 0.1) is 12.5 Å². The van der Waals surface area contributed by atoms with Crippen molar-refractivity contribution in [3.05, 3.63) is 22.4 Å². The topological polar surface area (TPSA) is 64.7 Å². The Bertz CT molecular complexity index is 599. The van der Waals surface area contributed by atoms with Crippen molar-refractivity contribution in [3.8, 4) is 0 Å². The standard InChI is InChI=1S/C19H30N4O2S/c1-3-22-7-4-16(5-8-22)23-12-15(11-17(23)19(25)20-2)21-18(24)10-14-6-9-26-13-14/h6,9,13,15-17H,3-5,7-8,10-12H2,1-2H3,(H,20,25)(H,21,24)/t15-,17+/m1/s1. The summed E-state index contributed by atoms with van der Waals surface area (Å²) in [6.07, 6.45) is 3.30. The molecule has 0 aromatic carbocycles. The molecule has 0 saturated carbocycles. The van der Waals surface area contributed by atoms with E-state index in [4.69, 9.17) is 0 Å². The van der Waals surface area contributed by atoms with E-state index in [-0.39, 0.29) is 23.9 Å². The zero-order valence-corrected chi connectivity index (χ0v) is 16.6. The molecule has 2 saturated heterocycles. The monoisotopic (exact) mass is 378 g/mol. The fraction of sp³-hybridized carbons (Fsp3) is 0.684. The van der Waals surface area contributed by atoms with Crippen LogP contribution in [0.25, 0.3) is 0 Å². The van der Waals surface area contributed by atoms with Gasteiger partial charge in [-0.25, -0.2) is 0 Å². The summed E-state index contributed by atoms with van der Waals surface area (Å²) in [6.45, 7) is 6.24. The number of nitrogens with one attached hydrogen (secondary N) is 2. The number of hydrogen-bond donors (Lipinski definition) is 2. The zero-order chi connectivity index (χ0) is 18.5. The fourth-order valence-corrected chi connectivity index (χ4v) is 4.89. The van der Waals surface area contributed by atoms with Crippen LogP contribution >= 0.6 is 11.3 Å².